The van der Waals surface area contributed by atoms with E-state index in [1.165, 1.54) is 18.3 Å². The van der Waals surface area contributed by atoms with Crippen molar-refractivity contribution in [2.75, 3.05) is 6.26 Å². The van der Waals surface area contributed by atoms with Crippen molar-refractivity contribution in [3.63, 3.8) is 0 Å². The van der Waals surface area contributed by atoms with E-state index in [9.17, 15) is 21.6 Å². The van der Waals surface area contributed by atoms with Gasteiger partial charge in [0.1, 0.15) is 0 Å². The van der Waals surface area contributed by atoms with Crippen molar-refractivity contribution in [2.24, 2.45) is 0 Å². The third kappa shape index (κ3) is 3.80. The van der Waals surface area contributed by atoms with Crippen molar-refractivity contribution >= 4 is 25.8 Å². The summed E-state index contributed by atoms with van der Waals surface area (Å²) < 4.78 is 64.2. The Morgan fingerprint density at radius 3 is 2.23 bits per heavy atom. The van der Waals surface area contributed by atoms with Crippen LogP contribution in [-0.2, 0) is 16.0 Å². The molecule has 0 atom stereocenters. The smallest absolute Gasteiger partial charge is 0.242 e. The van der Waals surface area contributed by atoms with Gasteiger partial charge in [-0.3, -0.25) is 0 Å². The van der Waals surface area contributed by atoms with E-state index in [1.54, 1.807) is 24.3 Å². The number of hydrogen-bond acceptors (Lipinski definition) is 4. The molecule has 0 bridgehead atoms. The van der Waals surface area contributed by atoms with E-state index in [0.717, 1.165) is 21.5 Å². The molecule has 3 rings (SSSR count). The van der Waals surface area contributed by atoms with E-state index in [-0.39, 0.29) is 16.4 Å². The van der Waals surface area contributed by atoms with E-state index in [4.69, 9.17) is 0 Å². The first-order valence-electron chi connectivity index (χ1n) is 7.15. The molecule has 0 N–H and O–H groups in total. The largest absolute Gasteiger partial charge is 0.435 e. The van der Waals surface area contributed by atoms with Crippen LogP contribution in [0.3, 0.4) is 0 Å². The molecular weight excluding hydrogens is 435 g/mol. The molecular formula is C16H11BrF3N3O2S. The predicted octanol–water partition coefficient (Wildman–Crippen LogP) is 4.12. The van der Waals surface area contributed by atoms with Gasteiger partial charge in [0.15, 0.2) is 20.6 Å². The van der Waals surface area contributed by atoms with Crippen molar-refractivity contribution in [1.82, 2.24) is 14.8 Å². The quantitative estimate of drug-likeness (QED) is 0.608. The number of aromatic nitrogens is 3. The van der Waals surface area contributed by atoms with E-state index >= 15 is 0 Å². The Bertz CT molecular complexity index is 1040. The lowest BCUT2D eigenvalue weighted by Gasteiger charge is -2.08. The number of sulfone groups is 1. The van der Waals surface area contributed by atoms with Crippen LogP contribution in [0.4, 0.5) is 13.2 Å². The fourth-order valence-corrected chi connectivity index (χ4v) is 3.08. The molecule has 0 radical (unpaired) electrons. The second kappa shape index (κ2) is 6.51. The average molecular weight is 446 g/mol. The Labute approximate surface area is 155 Å². The van der Waals surface area contributed by atoms with Gasteiger partial charge < -0.3 is 0 Å². The van der Waals surface area contributed by atoms with Crippen LogP contribution in [0.5, 0.6) is 0 Å². The molecule has 0 saturated heterocycles. The lowest BCUT2D eigenvalue weighted by molar-refractivity contribution is -0.141. The van der Waals surface area contributed by atoms with Crippen LogP contribution in [0, 0.1) is 0 Å². The van der Waals surface area contributed by atoms with Crippen LogP contribution in [0.2, 0.25) is 0 Å². The van der Waals surface area contributed by atoms with E-state index in [2.05, 4.69) is 26.0 Å². The highest BCUT2D eigenvalue weighted by Gasteiger charge is 2.35. The minimum atomic E-state index is -4.62. The van der Waals surface area contributed by atoms with Crippen molar-refractivity contribution in [3.05, 3.63) is 58.8 Å². The molecule has 0 saturated carbocycles. The SMILES string of the molecule is CS(=O)(=O)c1ccc(-n2nc(C(F)(F)F)cc2-c2ccc(Br)cc2)cn1. The molecule has 0 aliphatic carbocycles. The Morgan fingerprint density at radius 2 is 1.73 bits per heavy atom. The Hall–Kier alpha value is -2.20. The molecule has 10 heteroatoms. The van der Waals surface area contributed by atoms with Crippen LogP contribution in [-0.4, -0.2) is 29.4 Å². The van der Waals surface area contributed by atoms with Gasteiger partial charge in [-0.2, -0.15) is 18.3 Å². The summed E-state index contributed by atoms with van der Waals surface area (Å²) >= 11 is 3.28. The fourth-order valence-electron chi connectivity index (χ4n) is 2.26. The van der Waals surface area contributed by atoms with Gasteiger partial charge in [0.2, 0.25) is 0 Å². The molecule has 3 aromatic rings. The van der Waals surface area contributed by atoms with E-state index in [0.29, 0.717) is 5.56 Å². The van der Waals surface area contributed by atoms with Gasteiger partial charge in [-0.15, -0.1) is 0 Å². The summed E-state index contributed by atoms with van der Waals surface area (Å²) in [5.74, 6) is 0. The maximum Gasteiger partial charge on any atom is 0.435 e. The Morgan fingerprint density at radius 1 is 1.08 bits per heavy atom. The molecule has 5 nitrogen and oxygen atoms in total. The molecule has 0 fully saturated rings. The highest BCUT2D eigenvalue weighted by atomic mass is 79.9. The number of nitrogens with zero attached hydrogens (tertiary/aromatic N) is 3. The maximum absolute atomic E-state index is 13.1. The minimum absolute atomic E-state index is 0.172. The van der Waals surface area contributed by atoms with Crippen molar-refractivity contribution in [2.45, 2.75) is 11.2 Å². The lowest BCUT2D eigenvalue weighted by Crippen LogP contribution is -2.08. The van der Waals surface area contributed by atoms with Gasteiger partial charge in [0.25, 0.3) is 0 Å². The molecule has 0 aliphatic heterocycles. The molecule has 2 aromatic heterocycles. The highest BCUT2D eigenvalue weighted by Crippen LogP contribution is 2.33. The monoisotopic (exact) mass is 445 g/mol. The Kier molecular flexibility index (Phi) is 4.65. The zero-order valence-electron chi connectivity index (χ0n) is 13.2. The number of halogens is 4. The zero-order chi connectivity index (χ0) is 19.1. The average Bonchev–Trinajstić information content (AvgIpc) is 3.00. The van der Waals surface area contributed by atoms with Gasteiger partial charge in [0.05, 0.1) is 17.6 Å². The number of rotatable bonds is 3. The molecule has 26 heavy (non-hydrogen) atoms. The Balaban J connectivity index is 2.16. The van der Waals surface area contributed by atoms with E-state index in [1.807, 2.05) is 0 Å². The van der Waals surface area contributed by atoms with Crippen LogP contribution in [0.15, 0.2) is 58.2 Å². The first-order valence-corrected chi connectivity index (χ1v) is 9.84. The molecule has 0 unspecified atom stereocenters. The van der Waals surface area contributed by atoms with Gasteiger partial charge in [-0.25, -0.2) is 18.1 Å². The highest BCUT2D eigenvalue weighted by molar-refractivity contribution is 9.10. The zero-order valence-corrected chi connectivity index (χ0v) is 15.6. The third-order valence-corrected chi connectivity index (χ3v) is 5.01. The van der Waals surface area contributed by atoms with Gasteiger partial charge >= 0.3 is 6.18 Å². The summed E-state index contributed by atoms with van der Waals surface area (Å²) in [4.78, 5) is 3.81. The van der Waals surface area contributed by atoms with Crippen LogP contribution < -0.4 is 0 Å². The van der Waals surface area contributed by atoms with Crippen molar-refractivity contribution in [1.29, 1.82) is 0 Å². The predicted molar refractivity (Wildman–Crippen MR) is 92.6 cm³/mol. The van der Waals surface area contributed by atoms with Gasteiger partial charge in [-0.1, -0.05) is 28.1 Å². The summed E-state index contributed by atoms with van der Waals surface area (Å²) in [6.45, 7) is 0. The summed E-state index contributed by atoms with van der Waals surface area (Å²) in [5, 5.41) is 3.46. The van der Waals surface area contributed by atoms with Crippen LogP contribution in [0.1, 0.15) is 5.69 Å². The summed E-state index contributed by atoms with van der Waals surface area (Å²) in [6, 6.07) is 10.2. The topological polar surface area (TPSA) is 64.8 Å². The number of alkyl halides is 3. The molecule has 0 spiro atoms. The lowest BCUT2D eigenvalue weighted by atomic mass is 10.1. The maximum atomic E-state index is 13.1. The standard InChI is InChI=1S/C16H11BrF3N3O2S/c1-26(24,25)15-7-6-12(9-21-15)23-13(8-14(22-23)16(18,19)20)10-2-4-11(17)5-3-10/h2-9H,1H3. The second-order valence-electron chi connectivity index (χ2n) is 5.46. The fraction of sp³-hybridized carbons (Fsp3) is 0.125. The number of hydrogen-bond donors (Lipinski definition) is 0. The second-order valence-corrected chi connectivity index (χ2v) is 8.34. The first kappa shape index (κ1) is 18.6. The summed E-state index contributed by atoms with van der Waals surface area (Å²) in [6.07, 6.45) is -2.45. The van der Waals surface area contributed by atoms with Gasteiger partial charge in [-0.05, 0) is 30.3 Å². The van der Waals surface area contributed by atoms with Crippen molar-refractivity contribution < 1.29 is 21.6 Å². The number of pyridine rings is 1. The summed E-state index contributed by atoms with van der Waals surface area (Å²) in [7, 11) is -3.51. The first-order chi connectivity index (χ1) is 12.1. The minimum Gasteiger partial charge on any atom is -0.242 e. The van der Waals surface area contributed by atoms with Crippen molar-refractivity contribution in [3.8, 4) is 16.9 Å². The molecule has 0 aliphatic rings. The van der Waals surface area contributed by atoms with Gasteiger partial charge in [0, 0.05) is 16.3 Å². The molecule has 2 heterocycles. The normalized spacial score (nSPS) is 12.3. The summed E-state index contributed by atoms with van der Waals surface area (Å²) in [5.41, 5.74) is -0.115. The molecule has 1 aromatic carbocycles. The third-order valence-electron chi connectivity index (χ3n) is 3.48. The van der Waals surface area contributed by atoms with E-state index < -0.39 is 21.7 Å². The number of benzene rings is 1. The molecule has 0 amide bonds. The van der Waals surface area contributed by atoms with Crippen LogP contribution in [0.25, 0.3) is 16.9 Å². The van der Waals surface area contributed by atoms with Crippen LogP contribution >= 0.6 is 15.9 Å². The molecule has 136 valence electrons.